The van der Waals surface area contributed by atoms with Gasteiger partial charge in [-0.25, -0.2) is 8.78 Å². The number of alkyl halides is 1. The van der Waals surface area contributed by atoms with Gasteiger partial charge >= 0.3 is 6.01 Å². The molecule has 3 saturated heterocycles. The number of aryl methyl sites for hydroxylation is 1. The Morgan fingerprint density at radius 3 is 2.96 bits per heavy atom. The monoisotopic (exact) mass is 658 g/mol. The van der Waals surface area contributed by atoms with Gasteiger partial charge in [-0.05, 0) is 74.6 Å². The molecule has 1 aromatic carbocycles. The number of ether oxygens (including phenoxy) is 2. The molecule has 6 bridgehead atoms. The Balaban J connectivity index is 1.21. The number of anilines is 1. The highest BCUT2D eigenvalue weighted by molar-refractivity contribution is 6.00. The molecule has 1 aliphatic carbocycles. The van der Waals surface area contributed by atoms with Crippen LogP contribution in [0.15, 0.2) is 18.5 Å². The minimum Gasteiger partial charge on any atom is -0.461 e. The number of halogens is 2. The van der Waals surface area contributed by atoms with E-state index in [-0.39, 0.29) is 48.3 Å². The minimum absolute atomic E-state index is 0.0164. The van der Waals surface area contributed by atoms with Crippen LogP contribution in [0.5, 0.6) is 6.01 Å². The molecule has 1 N–H and O–H groups in total. The maximum absolute atomic E-state index is 17.2. The smallest absolute Gasteiger partial charge is 0.319 e. The Bertz CT molecular complexity index is 1920. The predicted octanol–water partition coefficient (Wildman–Crippen LogP) is 4.54. The quantitative estimate of drug-likeness (QED) is 0.339. The number of nitrogens with zero attached hydrogens (tertiary/aromatic N) is 7. The van der Waals surface area contributed by atoms with Crippen LogP contribution < -0.4 is 9.64 Å². The Morgan fingerprint density at radius 2 is 2.04 bits per heavy atom. The number of H-pyrrole nitrogens is 1. The number of rotatable bonds is 3. The lowest BCUT2D eigenvalue weighted by Gasteiger charge is -2.38. The number of hydrogen-bond donors (Lipinski definition) is 1. The van der Waals surface area contributed by atoms with Crippen molar-refractivity contribution in [2.24, 2.45) is 0 Å². The van der Waals surface area contributed by atoms with Crippen LogP contribution in [0.3, 0.4) is 0 Å². The molecule has 1 amide bonds. The number of benzene rings is 1. The summed E-state index contributed by atoms with van der Waals surface area (Å²) < 4.78 is 44.1. The van der Waals surface area contributed by atoms with Gasteiger partial charge < -0.3 is 19.3 Å². The van der Waals surface area contributed by atoms with Gasteiger partial charge in [0.2, 0.25) is 5.91 Å². The van der Waals surface area contributed by atoms with Crippen molar-refractivity contribution in [3.8, 4) is 17.3 Å². The summed E-state index contributed by atoms with van der Waals surface area (Å²) in [6, 6.07) is 2.11. The Labute approximate surface area is 277 Å². The SMILES string of the molecule is CN1C(=O)COCCC2CCc3cc4[nH]ncc4c(c32)-c2ncc3c(nc(OC[C@@]45CCCN4C[C@H](F)C5)nc3c2F)N2CCC[C@@H]1C2. The van der Waals surface area contributed by atoms with E-state index in [4.69, 9.17) is 24.4 Å². The number of fused-ring (bicyclic) bond motifs is 8. The first kappa shape index (κ1) is 30.1. The zero-order chi connectivity index (χ0) is 32.6. The van der Waals surface area contributed by atoms with E-state index in [2.05, 4.69) is 26.1 Å². The highest BCUT2D eigenvalue weighted by atomic mass is 19.1. The summed E-state index contributed by atoms with van der Waals surface area (Å²) in [6.45, 7) is 3.12. The fourth-order valence-corrected chi connectivity index (χ4v) is 9.16. The van der Waals surface area contributed by atoms with E-state index in [0.29, 0.717) is 50.3 Å². The number of pyridine rings is 1. The molecule has 0 radical (unpaired) electrons. The lowest BCUT2D eigenvalue weighted by molar-refractivity contribution is -0.137. The summed E-state index contributed by atoms with van der Waals surface area (Å²) in [5.74, 6) is 0.0446. The largest absolute Gasteiger partial charge is 0.461 e. The number of aromatic nitrogens is 5. The summed E-state index contributed by atoms with van der Waals surface area (Å²) in [7, 11) is 1.83. The van der Waals surface area contributed by atoms with Crippen LogP contribution in [0.2, 0.25) is 0 Å². The average Bonchev–Trinajstić information content (AvgIpc) is 3.88. The third kappa shape index (κ3) is 4.83. The third-order valence-corrected chi connectivity index (χ3v) is 11.6. The molecule has 8 heterocycles. The Kier molecular flexibility index (Phi) is 7.26. The molecule has 4 aromatic rings. The first-order chi connectivity index (χ1) is 23.4. The van der Waals surface area contributed by atoms with Crippen LogP contribution in [0, 0.1) is 5.82 Å². The van der Waals surface area contributed by atoms with E-state index >= 15 is 4.39 Å². The van der Waals surface area contributed by atoms with E-state index in [1.807, 2.05) is 7.05 Å². The summed E-state index contributed by atoms with van der Waals surface area (Å²) >= 11 is 0. The highest BCUT2D eigenvalue weighted by Crippen LogP contribution is 2.47. The van der Waals surface area contributed by atoms with Gasteiger partial charge in [-0.1, -0.05) is 0 Å². The second-order valence-corrected chi connectivity index (χ2v) is 14.4. The summed E-state index contributed by atoms with van der Waals surface area (Å²) in [5.41, 5.74) is 3.70. The molecule has 6 aliphatic rings. The number of amides is 1. The van der Waals surface area contributed by atoms with Gasteiger partial charge in [0, 0.05) is 62.9 Å². The second-order valence-electron chi connectivity index (χ2n) is 14.4. The highest BCUT2D eigenvalue weighted by Gasteiger charge is 2.49. The van der Waals surface area contributed by atoms with Crippen molar-refractivity contribution in [1.82, 2.24) is 34.9 Å². The number of nitrogens with one attached hydrogen (secondary N) is 1. The van der Waals surface area contributed by atoms with E-state index < -0.39 is 17.5 Å². The molecule has 48 heavy (non-hydrogen) atoms. The molecule has 0 spiro atoms. The first-order valence-corrected chi connectivity index (χ1v) is 17.3. The maximum Gasteiger partial charge on any atom is 0.319 e. The number of carbonyl (C=O) groups is 1. The van der Waals surface area contributed by atoms with Crippen molar-refractivity contribution in [2.75, 3.05) is 57.9 Å². The Hall–Kier alpha value is -3.97. The average molecular weight is 659 g/mol. The second kappa shape index (κ2) is 11.6. The standard InChI is InChI=1S/C35H40F2N8O3/c1-43-23-4-2-9-44(17-23)33-25-14-38-32(30(37)31(25)40-34(41-33)48-19-35-8-3-10-45(35)16-22(36)13-35)29-24-15-39-42-26(24)12-21-6-5-20(28(21)29)7-11-47-18-27(43)46/h12,14-15,20,22-23H,2-11,13,16-19H2,1H3,(H,39,42)/t20?,22-,23-,35+/m1/s1. The van der Waals surface area contributed by atoms with Gasteiger partial charge in [0.25, 0.3) is 0 Å². The number of aromatic amines is 1. The van der Waals surface area contributed by atoms with Crippen LogP contribution in [0.25, 0.3) is 33.1 Å². The van der Waals surface area contributed by atoms with Gasteiger partial charge in [0.05, 0.1) is 22.6 Å². The number of hydrogen-bond acceptors (Lipinski definition) is 9. The molecule has 5 aliphatic heterocycles. The fourth-order valence-electron chi connectivity index (χ4n) is 9.16. The topological polar surface area (TPSA) is 113 Å². The minimum atomic E-state index is -0.893. The zero-order valence-corrected chi connectivity index (χ0v) is 27.2. The van der Waals surface area contributed by atoms with Crippen molar-refractivity contribution < 1.29 is 23.0 Å². The van der Waals surface area contributed by atoms with Crippen molar-refractivity contribution >= 4 is 33.5 Å². The molecule has 4 atom stereocenters. The molecular formula is C35H40F2N8O3. The van der Waals surface area contributed by atoms with Crippen LogP contribution in [0.1, 0.15) is 62.0 Å². The molecular weight excluding hydrogens is 618 g/mol. The maximum atomic E-state index is 17.2. The molecule has 10 rings (SSSR count). The summed E-state index contributed by atoms with van der Waals surface area (Å²) in [4.78, 5) is 33.8. The predicted molar refractivity (Wildman–Crippen MR) is 175 cm³/mol. The van der Waals surface area contributed by atoms with Crippen LogP contribution >= 0.6 is 0 Å². The van der Waals surface area contributed by atoms with E-state index in [1.165, 1.54) is 0 Å². The van der Waals surface area contributed by atoms with Crippen molar-refractivity contribution in [1.29, 1.82) is 0 Å². The van der Waals surface area contributed by atoms with E-state index in [0.717, 1.165) is 72.7 Å². The number of likely N-dealkylation sites (N-methyl/N-ethyl adjacent to an activating group) is 1. The summed E-state index contributed by atoms with van der Waals surface area (Å²) in [5, 5.41) is 8.68. The zero-order valence-electron chi connectivity index (χ0n) is 27.2. The van der Waals surface area contributed by atoms with Crippen LogP contribution in [-0.2, 0) is 16.0 Å². The van der Waals surface area contributed by atoms with Gasteiger partial charge in [-0.3, -0.25) is 19.8 Å². The fraction of sp³-hybridized carbons (Fsp3) is 0.571. The molecule has 252 valence electrons. The van der Waals surface area contributed by atoms with Crippen LogP contribution in [-0.4, -0.2) is 112 Å². The molecule has 13 heteroatoms. The van der Waals surface area contributed by atoms with Gasteiger partial charge in [0.15, 0.2) is 5.82 Å². The van der Waals surface area contributed by atoms with Crippen molar-refractivity contribution in [3.63, 3.8) is 0 Å². The van der Waals surface area contributed by atoms with E-state index in [1.54, 1.807) is 17.3 Å². The van der Waals surface area contributed by atoms with Gasteiger partial charge in [0.1, 0.15) is 36.4 Å². The number of piperidine rings is 1. The lowest BCUT2D eigenvalue weighted by atomic mass is 9.89. The molecule has 3 fully saturated rings. The summed E-state index contributed by atoms with van der Waals surface area (Å²) in [6.07, 6.45) is 8.88. The molecule has 1 unspecified atom stereocenters. The van der Waals surface area contributed by atoms with Gasteiger partial charge in [-0.2, -0.15) is 15.1 Å². The Morgan fingerprint density at radius 1 is 1.12 bits per heavy atom. The number of carbonyl (C=O) groups excluding carboxylic acids is 1. The normalized spacial score (nSPS) is 27.7. The van der Waals surface area contributed by atoms with Crippen LogP contribution in [0.4, 0.5) is 14.6 Å². The molecule has 0 saturated carbocycles. The van der Waals surface area contributed by atoms with Crippen molar-refractivity contribution in [2.45, 2.75) is 75.0 Å². The van der Waals surface area contributed by atoms with Gasteiger partial charge in [-0.15, -0.1) is 0 Å². The first-order valence-electron chi connectivity index (χ1n) is 17.3. The molecule has 3 aromatic heterocycles. The third-order valence-electron chi connectivity index (χ3n) is 11.6. The van der Waals surface area contributed by atoms with E-state index in [9.17, 15) is 9.18 Å². The lowest BCUT2D eigenvalue weighted by Crippen LogP contribution is -2.49. The van der Waals surface area contributed by atoms with Crippen molar-refractivity contribution in [3.05, 3.63) is 35.4 Å². The molecule has 11 nitrogen and oxygen atoms in total.